The van der Waals surface area contributed by atoms with Gasteiger partial charge in [-0.2, -0.15) is 0 Å². The van der Waals surface area contributed by atoms with Crippen LogP contribution in [-0.2, 0) is 28.5 Å². The fourth-order valence-corrected chi connectivity index (χ4v) is 12.0. The van der Waals surface area contributed by atoms with Crippen molar-refractivity contribution in [1.29, 1.82) is 0 Å². The van der Waals surface area contributed by atoms with Crippen molar-refractivity contribution in [2.45, 2.75) is 137 Å². The SMILES string of the molecule is CC(=O)OC1C[C@H]2C(C)(C)[C@H](OC(=O)c3ccccc3)C[C@H](OC(C)=O)[C@]2(C)[C@H]2CC[C@]3(C)C(=CC[C@H]3[C@H]3COC(C)(C)C(O)C(O)C3)[C@]12C. The predicted molar refractivity (Wildman–Crippen MR) is 187 cm³/mol. The summed E-state index contributed by atoms with van der Waals surface area (Å²) in [5.74, 6) is -1.04. The summed E-state index contributed by atoms with van der Waals surface area (Å²) in [6, 6.07) is 8.94. The van der Waals surface area contributed by atoms with E-state index in [4.69, 9.17) is 18.9 Å². The largest absolute Gasteiger partial charge is 0.462 e. The number of benzene rings is 1. The average Bonchev–Trinajstić information content (AvgIpc) is 3.35. The highest BCUT2D eigenvalue weighted by Crippen LogP contribution is 2.74. The molecule has 1 aromatic rings. The van der Waals surface area contributed by atoms with E-state index >= 15 is 0 Å². The molecule has 276 valence electrons. The molecule has 4 fully saturated rings. The Kier molecular flexibility index (Phi) is 9.43. The normalized spacial score (nSPS) is 43.2. The third-order valence-electron chi connectivity index (χ3n) is 14.5. The molecule has 4 aliphatic carbocycles. The number of hydrogen-bond donors (Lipinski definition) is 2. The smallest absolute Gasteiger partial charge is 0.338 e. The van der Waals surface area contributed by atoms with Crippen molar-refractivity contribution < 1.29 is 43.5 Å². The highest BCUT2D eigenvalue weighted by molar-refractivity contribution is 5.89. The van der Waals surface area contributed by atoms with Gasteiger partial charge >= 0.3 is 17.9 Å². The predicted octanol–water partition coefficient (Wildman–Crippen LogP) is 6.44. The summed E-state index contributed by atoms with van der Waals surface area (Å²) in [5, 5.41) is 21.9. The van der Waals surface area contributed by atoms with Crippen LogP contribution in [0.25, 0.3) is 0 Å². The van der Waals surface area contributed by atoms with Crippen LogP contribution in [0.4, 0.5) is 0 Å². The summed E-state index contributed by atoms with van der Waals surface area (Å²) in [6.07, 6.45) is 2.81. The summed E-state index contributed by atoms with van der Waals surface area (Å²) in [4.78, 5) is 39.1. The molecule has 6 rings (SSSR count). The molecule has 0 amide bonds. The number of hydrogen-bond acceptors (Lipinski definition) is 9. The Morgan fingerprint density at radius 1 is 0.800 bits per heavy atom. The lowest BCUT2D eigenvalue weighted by atomic mass is 9.36. The molecule has 1 saturated heterocycles. The highest BCUT2D eigenvalue weighted by Gasteiger charge is 2.72. The van der Waals surface area contributed by atoms with Crippen LogP contribution in [0.2, 0.25) is 0 Å². The quantitative estimate of drug-likeness (QED) is 0.203. The zero-order valence-electron chi connectivity index (χ0n) is 31.4. The first kappa shape index (κ1) is 37.0. The molecule has 3 saturated carbocycles. The molecule has 1 aliphatic heterocycles. The van der Waals surface area contributed by atoms with E-state index in [1.165, 1.54) is 19.4 Å². The molecule has 9 heteroatoms. The molecular formula is C41H58O9. The first-order chi connectivity index (χ1) is 23.3. The van der Waals surface area contributed by atoms with Gasteiger partial charge in [0.1, 0.15) is 24.4 Å². The number of ether oxygens (including phenoxy) is 4. The average molecular weight is 695 g/mol. The molecular weight excluding hydrogens is 636 g/mol. The van der Waals surface area contributed by atoms with Gasteiger partial charge in [-0.1, -0.05) is 64.5 Å². The first-order valence-electron chi connectivity index (χ1n) is 18.6. The molecule has 1 heterocycles. The Labute approximate surface area is 297 Å². The number of esters is 3. The van der Waals surface area contributed by atoms with Gasteiger partial charge in [-0.15, -0.1) is 0 Å². The van der Waals surface area contributed by atoms with E-state index in [1.807, 2.05) is 19.9 Å². The minimum Gasteiger partial charge on any atom is -0.462 e. The van der Waals surface area contributed by atoms with Gasteiger partial charge in [-0.3, -0.25) is 9.59 Å². The topological polar surface area (TPSA) is 129 Å². The second-order valence-corrected chi connectivity index (χ2v) is 17.8. The number of carbonyl (C=O) groups is 3. The van der Waals surface area contributed by atoms with Crippen molar-refractivity contribution in [2.24, 2.45) is 45.3 Å². The molecule has 2 N–H and O–H groups in total. The van der Waals surface area contributed by atoms with Crippen LogP contribution in [0.15, 0.2) is 42.0 Å². The number of aliphatic hydroxyl groups is 2. The molecule has 12 atom stereocenters. The van der Waals surface area contributed by atoms with Gasteiger partial charge in [0.15, 0.2) is 0 Å². The molecule has 0 aromatic heterocycles. The van der Waals surface area contributed by atoms with Crippen molar-refractivity contribution in [2.75, 3.05) is 6.61 Å². The molecule has 9 nitrogen and oxygen atoms in total. The van der Waals surface area contributed by atoms with E-state index in [9.17, 15) is 24.6 Å². The molecule has 0 spiro atoms. The highest BCUT2D eigenvalue weighted by atomic mass is 16.6. The van der Waals surface area contributed by atoms with E-state index in [2.05, 4.69) is 40.7 Å². The van der Waals surface area contributed by atoms with E-state index in [1.54, 1.807) is 24.3 Å². The van der Waals surface area contributed by atoms with Crippen LogP contribution in [0.5, 0.6) is 0 Å². The first-order valence-corrected chi connectivity index (χ1v) is 18.6. The number of rotatable bonds is 5. The Bertz CT molecular complexity index is 1520. The van der Waals surface area contributed by atoms with Crippen LogP contribution in [-0.4, -0.2) is 70.8 Å². The third kappa shape index (κ3) is 5.74. The van der Waals surface area contributed by atoms with Crippen LogP contribution in [0.1, 0.15) is 111 Å². The van der Waals surface area contributed by atoms with Crippen molar-refractivity contribution in [3.05, 3.63) is 47.5 Å². The van der Waals surface area contributed by atoms with Gasteiger partial charge in [0, 0.05) is 36.5 Å². The van der Waals surface area contributed by atoms with Gasteiger partial charge in [0.05, 0.1) is 23.9 Å². The molecule has 0 bridgehead atoms. The van der Waals surface area contributed by atoms with Crippen LogP contribution >= 0.6 is 0 Å². The Balaban J connectivity index is 1.39. The second kappa shape index (κ2) is 12.7. The van der Waals surface area contributed by atoms with E-state index in [0.29, 0.717) is 31.4 Å². The monoisotopic (exact) mass is 694 g/mol. The summed E-state index contributed by atoms with van der Waals surface area (Å²) in [6.45, 7) is 18.1. The van der Waals surface area contributed by atoms with Gasteiger partial charge in [0.2, 0.25) is 0 Å². The lowest BCUT2D eigenvalue weighted by Crippen LogP contribution is -2.70. The van der Waals surface area contributed by atoms with Gasteiger partial charge in [-0.05, 0) is 87.2 Å². The standard InChI is InChI=1S/C41H58O9/c1-23(42)48-33-20-31-37(3,4)32(50-36(46)25-13-11-10-12-14-25)21-34(49-24(2)43)41(31,9)30-17-18-39(7)27(15-16-29(39)40(30,33)8)26-19-28(44)35(45)38(5,6)47-22-26/h10-14,16,26-28,30-35,44-45H,15,17-22H2,1-9H3/t26-,27+,28?,30+,31+,32-,33?,34+,35?,39+,40+,41-/m1/s1. The van der Waals surface area contributed by atoms with Crippen molar-refractivity contribution in [3.8, 4) is 0 Å². The summed E-state index contributed by atoms with van der Waals surface area (Å²) >= 11 is 0. The van der Waals surface area contributed by atoms with Crippen molar-refractivity contribution in [1.82, 2.24) is 0 Å². The fraction of sp³-hybridized carbons (Fsp3) is 0.732. The van der Waals surface area contributed by atoms with Gasteiger partial charge < -0.3 is 29.2 Å². The maximum Gasteiger partial charge on any atom is 0.338 e. The molecule has 5 aliphatic rings. The molecule has 0 radical (unpaired) electrons. The summed E-state index contributed by atoms with van der Waals surface area (Å²) in [5.41, 5.74) is -0.996. The van der Waals surface area contributed by atoms with Crippen LogP contribution < -0.4 is 0 Å². The number of carbonyl (C=O) groups excluding carboxylic acids is 3. The van der Waals surface area contributed by atoms with E-state index in [0.717, 1.165) is 19.3 Å². The van der Waals surface area contributed by atoms with Crippen LogP contribution in [0.3, 0.4) is 0 Å². The third-order valence-corrected chi connectivity index (χ3v) is 14.5. The molecule has 50 heavy (non-hydrogen) atoms. The minimum absolute atomic E-state index is 0.0118. The lowest BCUT2D eigenvalue weighted by Gasteiger charge is -2.70. The van der Waals surface area contributed by atoms with Gasteiger partial charge in [-0.25, -0.2) is 4.79 Å². The van der Waals surface area contributed by atoms with Gasteiger partial charge in [0.25, 0.3) is 0 Å². The summed E-state index contributed by atoms with van der Waals surface area (Å²) in [7, 11) is 0. The Morgan fingerprint density at radius 3 is 2.08 bits per heavy atom. The number of aliphatic hydroxyl groups excluding tert-OH is 2. The zero-order chi connectivity index (χ0) is 36.6. The fourth-order valence-electron chi connectivity index (χ4n) is 12.0. The van der Waals surface area contributed by atoms with E-state index in [-0.39, 0.29) is 41.0 Å². The Hall–Kier alpha value is -2.75. The number of fused-ring (bicyclic) bond motifs is 5. The minimum atomic E-state index is -0.977. The number of allylic oxidation sites excluding steroid dienone is 1. The van der Waals surface area contributed by atoms with Crippen LogP contribution in [0, 0.1) is 45.3 Å². The van der Waals surface area contributed by atoms with E-state index < -0.39 is 58.3 Å². The maximum absolute atomic E-state index is 13.4. The maximum atomic E-state index is 13.4. The molecule has 3 unspecified atom stereocenters. The second-order valence-electron chi connectivity index (χ2n) is 17.8. The summed E-state index contributed by atoms with van der Waals surface area (Å²) < 4.78 is 25.2. The van der Waals surface area contributed by atoms with Crippen molar-refractivity contribution >= 4 is 17.9 Å². The Morgan fingerprint density at radius 2 is 1.44 bits per heavy atom. The van der Waals surface area contributed by atoms with Crippen molar-refractivity contribution in [3.63, 3.8) is 0 Å². The molecule has 1 aromatic carbocycles. The lowest BCUT2D eigenvalue weighted by molar-refractivity contribution is -0.259. The zero-order valence-corrected chi connectivity index (χ0v) is 31.4.